The molecule has 1 aliphatic heterocycles. The van der Waals surface area contributed by atoms with E-state index in [9.17, 15) is 18.0 Å². The van der Waals surface area contributed by atoms with E-state index in [-0.39, 0.29) is 17.7 Å². The van der Waals surface area contributed by atoms with Crippen molar-refractivity contribution in [1.82, 2.24) is 4.98 Å². The van der Waals surface area contributed by atoms with Crippen molar-refractivity contribution in [3.05, 3.63) is 64.7 Å². The number of carbonyl (C=O) groups excluding carboxylic acids is 1. The molecular weight excluding hydrogens is 373 g/mol. The van der Waals surface area contributed by atoms with Gasteiger partial charge in [-0.1, -0.05) is 6.07 Å². The lowest BCUT2D eigenvalue weighted by Crippen LogP contribution is -2.51. The molecule has 0 saturated heterocycles. The summed E-state index contributed by atoms with van der Waals surface area (Å²) in [6, 6.07) is 7.77. The fourth-order valence-electron chi connectivity index (χ4n) is 2.85. The lowest BCUT2D eigenvalue weighted by Gasteiger charge is -2.37. The molecule has 0 saturated carbocycles. The molecule has 2 N–H and O–H groups in total. The normalized spacial score (nSPS) is 20.6. The number of ketones is 1. The van der Waals surface area contributed by atoms with Crippen molar-refractivity contribution in [2.75, 3.05) is 6.61 Å². The molecule has 0 bridgehead atoms. The number of halogens is 3. The van der Waals surface area contributed by atoms with Gasteiger partial charge in [-0.05, 0) is 36.8 Å². The van der Waals surface area contributed by atoms with E-state index in [0.717, 1.165) is 13.0 Å². The first-order valence-electron chi connectivity index (χ1n) is 8.20. The minimum atomic E-state index is -3.51. The molecule has 1 aromatic carbocycles. The number of hydrogen-bond acceptors (Lipinski definition) is 6. The number of benzene rings is 1. The number of nitrogens with two attached hydrogens (primary N) is 1. The summed E-state index contributed by atoms with van der Waals surface area (Å²) < 4.78 is 47.9. The maximum absolute atomic E-state index is 14.5. The third kappa shape index (κ3) is 3.41. The van der Waals surface area contributed by atoms with Gasteiger partial charge < -0.3 is 10.5 Å². The standard InChI is InChI=1S/C19H15F3N4O2/c1-18(19(21,22)10-28-17(24)26-18)13-6-11(2-4-14(13)20)7-16(27)15-5-3-12(8-23)9-25-15/h2-6,9H,7,10H2,1H3,(H2,24,26)/t18-/m1/s1. The van der Waals surface area contributed by atoms with Gasteiger partial charge in [0.05, 0.1) is 5.56 Å². The zero-order valence-corrected chi connectivity index (χ0v) is 14.7. The van der Waals surface area contributed by atoms with Gasteiger partial charge in [-0.15, -0.1) is 0 Å². The Hall–Kier alpha value is -3.41. The first-order chi connectivity index (χ1) is 13.2. The van der Waals surface area contributed by atoms with Crippen LogP contribution in [0.1, 0.15) is 34.1 Å². The number of alkyl halides is 2. The number of amidine groups is 1. The second-order valence-electron chi connectivity index (χ2n) is 6.47. The van der Waals surface area contributed by atoms with Crippen LogP contribution in [0.3, 0.4) is 0 Å². The molecule has 3 rings (SSSR count). The number of nitrogens with zero attached hydrogens (tertiary/aromatic N) is 3. The van der Waals surface area contributed by atoms with Crippen molar-refractivity contribution in [1.29, 1.82) is 5.26 Å². The highest BCUT2D eigenvalue weighted by Crippen LogP contribution is 2.44. The maximum atomic E-state index is 14.5. The van der Waals surface area contributed by atoms with Gasteiger partial charge >= 0.3 is 5.92 Å². The van der Waals surface area contributed by atoms with Crippen LogP contribution in [0.15, 0.2) is 41.5 Å². The van der Waals surface area contributed by atoms with Gasteiger partial charge in [-0.3, -0.25) is 9.78 Å². The van der Waals surface area contributed by atoms with Crippen LogP contribution in [0.5, 0.6) is 0 Å². The Morgan fingerprint density at radius 1 is 1.36 bits per heavy atom. The van der Waals surface area contributed by atoms with Gasteiger partial charge in [0.15, 0.2) is 17.9 Å². The Labute approximate surface area is 158 Å². The number of pyridine rings is 1. The van der Waals surface area contributed by atoms with Crippen LogP contribution >= 0.6 is 0 Å². The summed E-state index contributed by atoms with van der Waals surface area (Å²) >= 11 is 0. The fraction of sp³-hybridized carbons (Fsp3) is 0.263. The maximum Gasteiger partial charge on any atom is 0.310 e. The van der Waals surface area contributed by atoms with Crippen LogP contribution in [0.4, 0.5) is 13.2 Å². The molecule has 2 heterocycles. The molecule has 1 aromatic heterocycles. The largest absolute Gasteiger partial charge is 0.459 e. The number of ether oxygens (including phenoxy) is 1. The summed E-state index contributed by atoms with van der Waals surface area (Å²) in [4.78, 5) is 19.9. The quantitative estimate of drug-likeness (QED) is 0.812. The predicted molar refractivity (Wildman–Crippen MR) is 93.3 cm³/mol. The van der Waals surface area contributed by atoms with Crippen molar-refractivity contribution in [2.45, 2.75) is 24.8 Å². The zero-order chi connectivity index (χ0) is 20.5. The summed E-state index contributed by atoms with van der Waals surface area (Å²) in [5, 5.41) is 8.77. The SMILES string of the molecule is C[C@]1(c2cc(CC(=O)c3ccc(C#N)cn3)ccc2F)N=C(N)OCC1(F)F. The van der Waals surface area contributed by atoms with Gasteiger partial charge in [0.25, 0.3) is 6.02 Å². The van der Waals surface area contributed by atoms with E-state index < -0.39 is 35.7 Å². The zero-order valence-electron chi connectivity index (χ0n) is 14.7. The average molecular weight is 388 g/mol. The van der Waals surface area contributed by atoms with Gasteiger partial charge in [-0.2, -0.15) is 14.0 Å². The first-order valence-corrected chi connectivity index (χ1v) is 8.20. The van der Waals surface area contributed by atoms with Crippen LogP contribution in [0.25, 0.3) is 0 Å². The molecule has 2 aromatic rings. The number of aliphatic imine (C=N–C) groups is 1. The number of Topliss-reactive ketones (excluding diaryl/α,β-unsaturated/α-hetero) is 1. The first kappa shape index (κ1) is 19.4. The van der Waals surface area contributed by atoms with Crippen molar-refractivity contribution in [3.63, 3.8) is 0 Å². The Bertz CT molecular complexity index is 999. The Kier molecular flexibility index (Phi) is 4.81. The third-order valence-electron chi connectivity index (χ3n) is 4.55. The van der Waals surface area contributed by atoms with E-state index >= 15 is 0 Å². The van der Waals surface area contributed by atoms with Gasteiger partial charge in [0, 0.05) is 18.2 Å². The topological polar surface area (TPSA) is 101 Å². The summed E-state index contributed by atoms with van der Waals surface area (Å²) in [5.41, 5.74) is 3.48. The van der Waals surface area contributed by atoms with E-state index in [1.165, 1.54) is 30.5 Å². The molecule has 0 aliphatic carbocycles. The molecule has 0 unspecified atom stereocenters. The van der Waals surface area contributed by atoms with Crippen LogP contribution in [-0.4, -0.2) is 29.3 Å². The van der Waals surface area contributed by atoms with Crippen molar-refractivity contribution < 1.29 is 22.7 Å². The lowest BCUT2D eigenvalue weighted by molar-refractivity contribution is -0.117. The minimum absolute atomic E-state index is 0.106. The number of rotatable bonds is 4. The van der Waals surface area contributed by atoms with Crippen molar-refractivity contribution >= 4 is 11.8 Å². The van der Waals surface area contributed by atoms with E-state index in [1.807, 2.05) is 6.07 Å². The molecular formula is C19H15F3N4O2. The van der Waals surface area contributed by atoms with Crippen molar-refractivity contribution in [3.8, 4) is 6.07 Å². The molecule has 1 aliphatic rings. The summed E-state index contributed by atoms with van der Waals surface area (Å²) in [6.45, 7) is 0.0329. The molecule has 0 spiro atoms. The van der Waals surface area contributed by atoms with Gasteiger partial charge in [0.2, 0.25) is 0 Å². The number of nitriles is 1. The van der Waals surface area contributed by atoms with Crippen LogP contribution < -0.4 is 5.73 Å². The van der Waals surface area contributed by atoms with E-state index in [2.05, 4.69) is 14.7 Å². The van der Waals surface area contributed by atoms with Crippen LogP contribution in [0, 0.1) is 17.1 Å². The lowest BCUT2D eigenvalue weighted by atomic mass is 9.84. The summed E-state index contributed by atoms with van der Waals surface area (Å²) in [7, 11) is 0. The molecule has 1 atom stereocenters. The predicted octanol–water partition coefficient (Wildman–Crippen LogP) is 2.71. The molecule has 0 amide bonds. The Morgan fingerprint density at radius 2 is 2.11 bits per heavy atom. The number of aromatic nitrogens is 1. The highest BCUT2D eigenvalue weighted by molar-refractivity contribution is 5.95. The molecule has 6 nitrogen and oxygen atoms in total. The van der Waals surface area contributed by atoms with E-state index in [0.29, 0.717) is 11.1 Å². The Morgan fingerprint density at radius 3 is 2.75 bits per heavy atom. The highest BCUT2D eigenvalue weighted by Gasteiger charge is 2.56. The molecule has 0 radical (unpaired) electrons. The smallest absolute Gasteiger partial charge is 0.310 e. The summed E-state index contributed by atoms with van der Waals surface area (Å²) in [6.07, 6.45) is 1.06. The van der Waals surface area contributed by atoms with Crippen LogP contribution in [-0.2, 0) is 16.7 Å². The summed E-state index contributed by atoms with van der Waals surface area (Å²) in [5.74, 6) is -4.81. The number of carbonyl (C=O) groups is 1. The third-order valence-corrected chi connectivity index (χ3v) is 4.55. The second kappa shape index (κ2) is 6.96. The highest BCUT2D eigenvalue weighted by atomic mass is 19.3. The van der Waals surface area contributed by atoms with E-state index in [4.69, 9.17) is 11.0 Å². The monoisotopic (exact) mass is 388 g/mol. The van der Waals surface area contributed by atoms with E-state index in [1.54, 1.807) is 0 Å². The second-order valence-corrected chi connectivity index (χ2v) is 6.47. The number of hydrogen-bond donors (Lipinski definition) is 1. The van der Waals surface area contributed by atoms with Crippen molar-refractivity contribution in [2.24, 2.45) is 10.7 Å². The average Bonchev–Trinajstić information content (AvgIpc) is 2.66. The molecule has 0 fully saturated rings. The molecule has 144 valence electrons. The Balaban J connectivity index is 1.94. The molecule has 28 heavy (non-hydrogen) atoms. The fourth-order valence-corrected chi connectivity index (χ4v) is 2.85. The van der Waals surface area contributed by atoms with Gasteiger partial charge in [-0.25, -0.2) is 9.38 Å². The van der Waals surface area contributed by atoms with Crippen LogP contribution in [0.2, 0.25) is 0 Å². The minimum Gasteiger partial charge on any atom is -0.459 e. The van der Waals surface area contributed by atoms with Gasteiger partial charge in [0.1, 0.15) is 17.6 Å². The molecule has 9 heteroatoms.